The molecule has 2 aromatic carbocycles. The summed E-state index contributed by atoms with van der Waals surface area (Å²) in [6.07, 6.45) is 0. The number of carbonyl (C=O) groups excluding carboxylic acids is 1. The standard InChI is InChI=1S/C16H14ClN3O/c17-13-7-3-1-5-11(13)16(21)20-14-8-4-2-6-12(14)15-18-9-10-19-15/h1-8H,9-10H2,(H,18,19)(H,20,21). The molecule has 0 atom stereocenters. The molecule has 1 aliphatic heterocycles. The van der Waals surface area contributed by atoms with Gasteiger partial charge in [-0.3, -0.25) is 9.79 Å². The van der Waals surface area contributed by atoms with Gasteiger partial charge in [0.15, 0.2) is 0 Å². The minimum absolute atomic E-state index is 0.230. The molecule has 1 amide bonds. The third-order valence-corrected chi connectivity index (χ3v) is 3.55. The average Bonchev–Trinajstić information content (AvgIpc) is 3.02. The normalized spacial score (nSPS) is 13.5. The Kier molecular flexibility index (Phi) is 3.88. The van der Waals surface area contributed by atoms with E-state index in [-0.39, 0.29) is 5.91 Å². The first-order chi connectivity index (χ1) is 10.3. The molecule has 0 aliphatic carbocycles. The molecule has 4 nitrogen and oxygen atoms in total. The maximum absolute atomic E-state index is 12.3. The van der Waals surface area contributed by atoms with E-state index >= 15 is 0 Å². The van der Waals surface area contributed by atoms with Crippen molar-refractivity contribution in [3.8, 4) is 0 Å². The third-order valence-electron chi connectivity index (χ3n) is 3.22. The first-order valence-electron chi connectivity index (χ1n) is 6.69. The number of hydrogen-bond donors (Lipinski definition) is 2. The zero-order chi connectivity index (χ0) is 14.7. The summed E-state index contributed by atoms with van der Waals surface area (Å²) in [5.74, 6) is 0.580. The smallest absolute Gasteiger partial charge is 0.257 e. The first kappa shape index (κ1) is 13.6. The quantitative estimate of drug-likeness (QED) is 0.915. The molecule has 1 aliphatic rings. The fourth-order valence-electron chi connectivity index (χ4n) is 2.21. The van der Waals surface area contributed by atoms with Crippen LogP contribution in [-0.2, 0) is 0 Å². The van der Waals surface area contributed by atoms with Crippen LogP contribution in [0.3, 0.4) is 0 Å². The number of para-hydroxylation sites is 1. The van der Waals surface area contributed by atoms with E-state index in [9.17, 15) is 4.79 Å². The average molecular weight is 300 g/mol. The highest BCUT2D eigenvalue weighted by molar-refractivity contribution is 6.34. The van der Waals surface area contributed by atoms with Crippen LogP contribution in [0.1, 0.15) is 15.9 Å². The second kappa shape index (κ2) is 5.97. The Hall–Kier alpha value is -2.33. The highest BCUT2D eigenvalue weighted by Gasteiger charge is 2.15. The number of carbonyl (C=O) groups is 1. The monoisotopic (exact) mass is 299 g/mol. The molecule has 0 saturated heterocycles. The van der Waals surface area contributed by atoms with Crippen molar-refractivity contribution in [3.63, 3.8) is 0 Å². The van der Waals surface area contributed by atoms with E-state index in [1.807, 2.05) is 24.3 Å². The van der Waals surface area contributed by atoms with Crippen LogP contribution in [0, 0.1) is 0 Å². The summed E-state index contributed by atoms with van der Waals surface area (Å²) >= 11 is 6.06. The molecule has 2 N–H and O–H groups in total. The van der Waals surface area contributed by atoms with E-state index in [1.165, 1.54) is 0 Å². The van der Waals surface area contributed by atoms with E-state index < -0.39 is 0 Å². The minimum atomic E-state index is -0.230. The molecule has 0 bridgehead atoms. The van der Waals surface area contributed by atoms with Crippen molar-refractivity contribution in [2.75, 3.05) is 18.4 Å². The summed E-state index contributed by atoms with van der Waals surface area (Å²) in [6, 6.07) is 14.6. The van der Waals surface area contributed by atoms with Gasteiger partial charge >= 0.3 is 0 Å². The molecular formula is C16H14ClN3O. The number of nitrogens with zero attached hydrogens (tertiary/aromatic N) is 1. The maximum atomic E-state index is 12.3. The molecule has 21 heavy (non-hydrogen) atoms. The minimum Gasteiger partial charge on any atom is -0.368 e. The summed E-state index contributed by atoms with van der Waals surface area (Å²) in [4.78, 5) is 16.7. The molecule has 0 spiro atoms. The SMILES string of the molecule is O=C(Nc1ccccc1C1=NCCN1)c1ccccc1Cl. The molecule has 0 fully saturated rings. The highest BCUT2D eigenvalue weighted by Crippen LogP contribution is 2.20. The van der Waals surface area contributed by atoms with Crippen molar-refractivity contribution in [3.05, 3.63) is 64.7 Å². The van der Waals surface area contributed by atoms with Crippen molar-refractivity contribution < 1.29 is 4.79 Å². The Morgan fingerprint density at radius 3 is 2.67 bits per heavy atom. The van der Waals surface area contributed by atoms with Crippen LogP contribution >= 0.6 is 11.6 Å². The predicted molar refractivity (Wildman–Crippen MR) is 85.3 cm³/mol. The van der Waals surface area contributed by atoms with Gasteiger partial charge in [-0.2, -0.15) is 0 Å². The van der Waals surface area contributed by atoms with Gasteiger partial charge in [0.25, 0.3) is 5.91 Å². The molecular weight excluding hydrogens is 286 g/mol. The lowest BCUT2D eigenvalue weighted by atomic mass is 10.1. The fraction of sp³-hybridized carbons (Fsp3) is 0.125. The Balaban J connectivity index is 1.89. The lowest BCUT2D eigenvalue weighted by molar-refractivity contribution is 0.102. The number of halogens is 1. The van der Waals surface area contributed by atoms with Gasteiger partial charge in [-0.05, 0) is 24.3 Å². The second-order valence-electron chi connectivity index (χ2n) is 4.64. The van der Waals surface area contributed by atoms with Crippen LogP contribution in [0.2, 0.25) is 5.02 Å². The van der Waals surface area contributed by atoms with Crippen LogP contribution in [0.4, 0.5) is 5.69 Å². The molecule has 1 heterocycles. The van der Waals surface area contributed by atoms with Gasteiger partial charge in [-0.25, -0.2) is 0 Å². The summed E-state index contributed by atoms with van der Waals surface area (Å²) < 4.78 is 0. The van der Waals surface area contributed by atoms with Gasteiger partial charge in [-0.15, -0.1) is 0 Å². The number of rotatable bonds is 3. The number of anilines is 1. The number of amides is 1. The molecule has 106 valence electrons. The molecule has 3 rings (SSSR count). The molecule has 2 aromatic rings. The van der Waals surface area contributed by atoms with Crippen LogP contribution in [0.5, 0.6) is 0 Å². The molecule has 0 unspecified atom stereocenters. The van der Waals surface area contributed by atoms with Crippen molar-refractivity contribution in [1.82, 2.24) is 5.32 Å². The highest BCUT2D eigenvalue weighted by atomic mass is 35.5. The second-order valence-corrected chi connectivity index (χ2v) is 5.04. The fourth-order valence-corrected chi connectivity index (χ4v) is 2.43. The molecule has 0 aromatic heterocycles. The maximum Gasteiger partial charge on any atom is 0.257 e. The van der Waals surface area contributed by atoms with E-state index in [2.05, 4.69) is 15.6 Å². The zero-order valence-corrected chi connectivity index (χ0v) is 12.0. The lowest BCUT2D eigenvalue weighted by Gasteiger charge is -2.12. The summed E-state index contributed by atoms with van der Waals surface area (Å²) in [5, 5.41) is 6.54. The van der Waals surface area contributed by atoms with Gasteiger partial charge in [0.2, 0.25) is 0 Å². The number of aliphatic imine (C=N–C) groups is 1. The number of amidine groups is 1. The third kappa shape index (κ3) is 2.90. The van der Waals surface area contributed by atoms with E-state index in [0.717, 1.165) is 30.2 Å². The Bertz CT molecular complexity index is 712. The molecule has 5 heteroatoms. The van der Waals surface area contributed by atoms with Crippen LogP contribution in [0.15, 0.2) is 53.5 Å². The summed E-state index contributed by atoms with van der Waals surface area (Å²) in [7, 11) is 0. The van der Waals surface area contributed by atoms with Gasteiger partial charge in [0.05, 0.1) is 22.8 Å². The van der Waals surface area contributed by atoms with E-state index in [0.29, 0.717) is 10.6 Å². The van der Waals surface area contributed by atoms with E-state index in [1.54, 1.807) is 24.3 Å². The predicted octanol–water partition coefficient (Wildman–Crippen LogP) is 2.94. The van der Waals surface area contributed by atoms with Crippen LogP contribution in [-0.4, -0.2) is 24.8 Å². The van der Waals surface area contributed by atoms with Crippen molar-refractivity contribution in [1.29, 1.82) is 0 Å². The van der Waals surface area contributed by atoms with Crippen LogP contribution < -0.4 is 10.6 Å². The number of benzene rings is 2. The first-order valence-corrected chi connectivity index (χ1v) is 7.07. The molecule has 0 saturated carbocycles. The van der Waals surface area contributed by atoms with E-state index in [4.69, 9.17) is 11.6 Å². The Labute approximate surface area is 127 Å². The van der Waals surface area contributed by atoms with Gasteiger partial charge < -0.3 is 10.6 Å². The van der Waals surface area contributed by atoms with Gasteiger partial charge in [-0.1, -0.05) is 35.9 Å². The largest absolute Gasteiger partial charge is 0.368 e. The topological polar surface area (TPSA) is 53.5 Å². The van der Waals surface area contributed by atoms with Gasteiger partial charge in [0, 0.05) is 12.1 Å². The zero-order valence-electron chi connectivity index (χ0n) is 11.3. The molecule has 0 radical (unpaired) electrons. The van der Waals surface area contributed by atoms with Crippen molar-refractivity contribution >= 4 is 29.0 Å². The van der Waals surface area contributed by atoms with Gasteiger partial charge in [0.1, 0.15) is 5.84 Å². The number of nitrogens with one attached hydrogen (secondary N) is 2. The Morgan fingerprint density at radius 2 is 1.90 bits per heavy atom. The van der Waals surface area contributed by atoms with Crippen molar-refractivity contribution in [2.45, 2.75) is 0 Å². The lowest BCUT2D eigenvalue weighted by Crippen LogP contribution is -2.22. The summed E-state index contributed by atoms with van der Waals surface area (Å²) in [5.41, 5.74) is 2.06. The van der Waals surface area contributed by atoms with Crippen molar-refractivity contribution in [2.24, 2.45) is 4.99 Å². The van der Waals surface area contributed by atoms with Crippen LogP contribution in [0.25, 0.3) is 0 Å². The number of hydrogen-bond acceptors (Lipinski definition) is 3. The Morgan fingerprint density at radius 1 is 1.14 bits per heavy atom. The summed E-state index contributed by atoms with van der Waals surface area (Å²) in [6.45, 7) is 1.57.